The normalized spacial score (nSPS) is 27.8. The topological polar surface area (TPSA) is 15.3 Å². The van der Waals surface area contributed by atoms with Crippen LogP contribution in [0.15, 0.2) is 0 Å². The Hall–Kier alpha value is -0.0151. The summed E-state index contributed by atoms with van der Waals surface area (Å²) in [6, 6.07) is 1.32. The second-order valence-corrected chi connectivity index (χ2v) is 4.71. The minimum absolute atomic E-state index is 0.577. The minimum atomic E-state index is 0.577. The van der Waals surface area contributed by atoms with Gasteiger partial charge >= 0.3 is 0 Å². The molecule has 3 heteroatoms. The van der Waals surface area contributed by atoms with Crippen molar-refractivity contribution in [1.82, 2.24) is 10.2 Å². The van der Waals surface area contributed by atoms with E-state index in [0.717, 1.165) is 12.0 Å². The Labute approximate surface area is 89.8 Å². The van der Waals surface area contributed by atoms with E-state index in [2.05, 4.69) is 31.1 Å². The van der Waals surface area contributed by atoms with Gasteiger partial charge in [0.2, 0.25) is 0 Å². The third kappa shape index (κ3) is 3.28. The fourth-order valence-corrected chi connectivity index (χ4v) is 2.33. The molecule has 2 atom stereocenters. The van der Waals surface area contributed by atoms with Crippen molar-refractivity contribution < 1.29 is 0 Å². The van der Waals surface area contributed by atoms with Gasteiger partial charge in [0.15, 0.2) is 0 Å². The highest BCUT2D eigenvalue weighted by Gasteiger charge is 2.25. The quantitative estimate of drug-likeness (QED) is 0.662. The predicted molar refractivity (Wildman–Crippen MR) is 62.7 cm³/mol. The van der Waals surface area contributed by atoms with Crippen LogP contribution in [0, 0.1) is 5.92 Å². The second-order valence-electron chi connectivity index (χ2n) is 4.71. The molecule has 1 aliphatic rings. The first-order valence-corrected chi connectivity index (χ1v) is 5.78. The molecule has 0 spiro atoms. The molecule has 0 heterocycles. The Kier molecular flexibility index (Phi) is 4.97. The van der Waals surface area contributed by atoms with Crippen molar-refractivity contribution in [2.75, 3.05) is 20.0 Å². The Morgan fingerprint density at radius 1 is 1.43 bits per heavy atom. The monoisotopic (exact) mass is 194 g/mol. The highest BCUT2D eigenvalue weighted by Crippen LogP contribution is 2.26. The van der Waals surface area contributed by atoms with E-state index in [-0.39, 0.29) is 0 Å². The smallest absolute Gasteiger partial charge is 0.0863 e. The molecule has 0 unspecified atom stereocenters. The van der Waals surface area contributed by atoms with Crippen LogP contribution in [-0.2, 0) is 0 Å². The summed E-state index contributed by atoms with van der Waals surface area (Å²) in [4.78, 5) is 2.36. The van der Waals surface area contributed by atoms with E-state index in [1.165, 1.54) is 25.8 Å². The number of hydrogen-bond acceptors (Lipinski definition) is 2. The SMILES string of the molecule is [B]CN(C[C@H]1CC[C@H](NC)C1)C(C)C. The average Bonchev–Trinajstić information content (AvgIpc) is 2.61. The van der Waals surface area contributed by atoms with Crippen LogP contribution in [0.4, 0.5) is 0 Å². The van der Waals surface area contributed by atoms with E-state index in [1.807, 2.05) is 0 Å². The van der Waals surface area contributed by atoms with Gasteiger partial charge in [0, 0.05) is 18.6 Å². The van der Waals surface area contributed by atoms with Gasteiger partial charge in [0.1, 0.15) is 0 Å². The zero-order chi connectivity index (χ0) is 10.6. The fraction of sp³-hybridized carbons (Fsp3) is 1.00. The molecule has 14 heavy (non-hydrogen) atoms. The Balaban J connectivity index is 2.30. The van der Waals surface area contributed by atoms with Gasteiger partial charge in [-0.05, 0) is 52.5 Å². The van der Waals surface area contributed by atoms with Crippen molar-refractivity contribution in [2.45, 2.75) is 45.2 Å². The summed E-state index contributed by atoms with van der Waals surface area (Å²) in [5, 5.41) is 3.36. The molecular weight excluding hydrogens is 171 g/mol. The first kappa shape index (κ1) is 12.1. The molecule has 0 bridgehead atoms. The zero-order valence-electron chi connectivity index (χ0n) is 9.79. The summed E-state index contributed by atoms with van der Waals surface area (Å²) < 4.78 is 0. The average molecular weight is 194 g/mol. The maximum Gasteiger partial charge on any atom is 0.0863 e. The highest BCUT2D eigenvalue weighted by molar-refractivity contribution is 6.08. The standard InChI is InChI=1S/C11H23BN2/c1-9(2)14(8-12)7-10-4-5-11(6-10)13-3/h9-11,13H,4-8H2,1-3H3/t10-,11-/m0/s1. The van der Waals surface area contributed by atoms with Crippen LogP contribution >= 0.6 is 0 Å². The van der Waals surface area contributed by atoms with Crippen molar-refractivity contribution in [2.24, 2.45) is 5.92 Å². The van der Waals surface area contributed by atoms with Gasteiger partial charge in [-0.15, -0.1) is 0 Å². The summed E-state index contributed by atoms with van der Waals surface area (Å²) in [5.41, 5.74) is 0. The van der Waals surface area contributed by atoms with Crippen LogP contribution in [0.2, 0.25) is 0 Å². The van der Waals surface area contributed by atoms with Gasteiger partial charge in [0.05, 0.1) is 7.85 Å². The second kappa shape index (κ2) is 5.77. The molecule has 0 amide bonds. The van der Waals surface area contributed by atoms with Crippen LogP contribution in [0.1, 0.15) is 33.1 Å². The molecule has 0 aromatic carbocycles. The lowest BCUT2D eigenvalue weighted by atomic mass is 10.0. The molecule has 2 nitrogen and oxygen atoms in total. The van der Waals surface area contributed by atoms with Gasteiger partial charge in [-0.2, -0.15) is 0 Å². The van der Waals surface area contributed by atoms with E-state index in [1.54, 1.807) is 0 Å². The molecule has 1 aliphatic carbocycles. The Bertz CT molecular complexity index is 161. The lowest BCUT2D eigenvalue weighted by molar-refractivity contribution is 0.217. The maximum absolute atomic E-state index is 5.73. The van der Waals surface area contributed by atoms with Crippen molar-refractivity contribution >= 4 is 7.85 Å². The van der Waals surface area contributed by atoms with Crippen LogP contribution in [-0.4, -0.2) is 44.9 Å². The number of nitrogens with zero attached hydrogens (tertiary/aromatic N) is 1. The number of nitrogens with one attached hydrogen (secondary N) is 1. The summed E-state index contributed by atoms with van der Waals surface area (Å²) in [7, 11) is 7.79. The third-order valence-corrected chi connectivity index (χ3v) is 3.41. The summed E-state index contributed by atoms with van der Waals surface area (Å²) >= 11 is 0. The van der Waals surface area contributed by atoms with Crippen molar-refractivity contribution in [3.63, 3.8) is 0 Å². The number of rotatable bonds is 5. The first-order chi connectivity index (χ1) is 6.67. The molecule has 1 N–H and O–H groups in total. The van der Waals surface area contributed by atoms with Gasteiger partial charge in [0.25, 0.3) is 0 Å². The van der Waals surface area contributed by atoms with Gasteiger partial charge in [-0.1, -0.05) is 0 Å². The summed E-state index contributed by atoms with van der Waals surface area (Å²) in [5.74, 6) is 0.846. The molecule has 0 aromatic rings. The third-order valence-electron chi connectivity index (χ3n) is 3.41. The fourth-order valence-electron chi connectivity index (χ4n) is 2.33. The lowest BCUT2D eigenvalue weighted by Gasteiger charge is -2.28. The van der Waals surface area contributed by atoms with E-state index < -0.39 is 0 Å². The molecule has 1 rings (SSSR count). The van der Waals surface area contributed by atoms with Crippen LogP contribution in [0.5, 0.6) is 0 Å². The minimum Gasteiger partial charge on any atom is -0.317 e. The molecular formula is C11H23BN2. The maximum atomic E-state index is 5.73. The van der Waals surface area contributed by atoms with Gasteiger partial charge < -0.3 is 10.2 Å². The van der Waals surface area contributed by atoms with E-state index >= 15 is 0 Å². The Morgan fingerprint density at radius 3 is 2.57 bits per heavy atom. The molecule has 0 aliphatic heterocycles. The van der Waals surface area contributed by atoms with E-state index in [0.29, 0.717) is 12.5 Å². The first-order valence-electron chi connectivity index (χ1n) is 5.78. The lowest BCUT2D eigenvalue weighted by Crippen LogP contribution is -2.36. The zero-order valence-corrected chi connectivity index (χ0v) is 9.79. The van der Waals surface area contributed by atoms with Crippen molar-refractivity contribution in [1.29, 1.82) is 0 Å². The highest BCUT2D eigenvalue weighted by atomic mass is 15.1. The van der Waals surface area contributed by atoms with Crippen molar-refractivity contribution in [3.8, 4) is 0 Å². The molecule has 2 radical (unpaired) electrons. The molecule has 1 saturated carbocycles. The van der Waals surface area contributed by atoms with Crippen molar-refractivity contribution in [3.05, 3.63) is 0 Å². The summed E-state index contributed by atoms with van der Waals surface area (Å²) in [6.45, 7) is 5.61. The molecule has 0 saturated heterocycles. The van der Waals surface area contributed by atoms with Gasteiger partial charge in [-0.3, -0.25) is 0 Å². The largest absolute Gasteiger partial charge is 0.317 e. The molecule has 80 valence electrons. The summed E-state index contributed by atoms with van der Waals surface area (Å²) in [6.07, 6.45) is 4.70. The number of hydrogen-bond donors (Lipinski definition) is 1. The molecule has 1 fully saturated rings. The van der Waals surface area contributed by atoms with E-state index in [9.17, 15) is 0 Å². The van der Waals surface area contributed by atoms with Crippen LogP contribution in [0.25, 0.3) is 0 Å². The van der Waals surface area contributed by atoms with Gasteiger partial charge in [-0.25, -0.2) is 0 Å². The molecule has 0 aromatic heterocycles. The van der Waals surface area contributed by atoms with E-state index in [4.69, 9.17) is 7.85 Å². The Morgan fingerprint density at radius 2 is 2.14 bits per heavy atom. The van der Waals surface area contributed by atoms with Crippen LogP contribution < -0.4 is 5.32 Å². The predicted octanol–water partition coefficient (Wildman–Crippen LogP) is 1.21. The van der Waals surface area contributed by atoms with Crippen LogP contribution in [0.3, 0.4) is 0 Å².